The fourth-order valence-electron chi connectivity index (χ4n) is 4.67. The smallest absolute Gasteiger partial charge is 0.0589 e. The monoisotopic (exact) mass is 302 g/mol. The van der Waals surface area contributed by atoms with Crippen LogP contribution in [0.25, 0.3) is 10.9 Å². The van der Waals surface area contributed by atoms with Crippen molar-refractivity contribution < 1.29 is 0 Å². The van der Waals surface area contributed by atoms with Gasteiger partial charge in [0, 0.05) is 35.6 Å². The molecule has 2 unspecified atom stereocenters. The second-order valence-electron chi connectivity index (χ2n) is 7.09. The zero-order chi connectivity index (χ0) is 15.4. The summed E-state index contributed by atoms with van der Waals surface area (Å²) >= 11 is 0. The number of aryl methyl sites for hydroxylation is 1. The van der Waals surface area contributed by atoms with Gasteiger partial charge in [0.15, 0.2) is 0 Å². The maximum Gasteiger partial charge on any atom is 0.0589 e. The number of nitrogens with zero attached hydrogens (tertiary/aromatic N) is 1. The van der Waals surface area contributed by atoms with Crippen molar-refractivity contribution in [1.29, 1.82) is 0 Å². The molecule has 2 atom stereocenters. The fourth-order valence-corrected chi connectivity index (χ4v) is 4.67. The minimum atomic E-state index is 0.486. The van der Waals surface area contributed by atoms with Crippen molar-refractivity contribution in [2.45, 2.75) is 38.3 Å². The fraction of sp³-hybridized carbons (Fsp3) is 0.333. The van der Waals surface area contributed by atoms with Crippen molar-refractivity contribution in [3.63, 3.8) is 0 Å². The van der Waals surface area contributed by atoms with Gasteiger partial charge < -0.3 is 9.88 Å². The van der Waals surface area contributed by atoms with E-state index < -0.39 is 0 Å². The van der Waals surface area contributed by atoms with Gasteiger partial charge in [0.25, 0.3) is 0 Å². The minimum Gasteiger partial charge on any atom is -0.336 e. The molecule has 116 valence electrons. The molecule has 1 N–H and O–H groups in total. The van der Waals surface area contributed by atoms with Crippen molar-refractivity contribution in [2.75, 3.05) is 6.54 Å². The summed E-state index contributed by atoms with van der Waals surface area (Å²) in [6, 6.07) is 18.5. The molecular formula is C21H22N2. The topological polar surface area (TPSA) is 17.0 Å². The Kier molecular flexibility index (Phi) is 2.89. The summed E-state index contributed by atoms with van der Waals surface area (Å²) in [7, 11) is 0. The molecule has 0 saturated carbocycles. The van der Waals surface area contributed by atoms with Gasteiger partial charge in [-0.05, 0) is 43.0 Å². The van der Waals surface area contributed by atoms with Gasteiger partial charge in [-0.25, -0.2) is 0 Å². The largest absolute Gasteiger partial charge is 0.336 e. The van der Waals surface area contributed by atoms with E-state index in [2.05, 4.69) is 65.3 Å². The first-order valence-electron chi connectivity index (χ1n) is 8.72. The lowest BCUT2D eigenvalue weighted by molar-refractivity contribution is 0.378. The van der Waals surface area contributed by atoms with Crippen LogP contribution in [0.5, 0.6) is 0 Å². The van der Waals surface area contributed by atoms with Crippen LogP contribution in [-0.2, 0) is 6.54 Å². The highest BCUT2D eigenvalue weighted by Gasteiger charge is 2.34. The summed E-state index contributed by atoms with van der Waals surface area (Å²) in [5.74, 6) is 0.673. The van der Waals surface area contributed by atoms with Gasteiger partial charge in [-0.2, -0.15) is 0 Å². The maximum atomic E-state index is 3.64. The second-order valence-corrected chi connectivity index (χ2v) is 7.09. The molecule has 3 aromatic rings. The number of nitrogens with one attached hydrogen (secondary N) is 1. The van der Waals surface area contributed by atoms with Gasteiger partial charge in [0.1, 0.15) is 0 Å². The van der Waals surface area contributed by atoms with E-state index in [4.69, 9.17) is 0 Å². The maximum absolute atomic E-state index is 3.64. The van der Waals surface area contributed by atoms with Gasteiger partial charge in [0.05, 0.1) is 6.04 Å². The lowest BCUT2D eigenvalue weighted by Crippen LogP contribution is -2.33. The Morgan fingerprint density at radius 2 is 1.91 bits per heavy atom. The van der Waals surface area contributed by atoms with Crippen LogP contribution in [-0.4, -0.2) is 11.1 Å². The third-order valence-corrected chi connectivity index (χ3v) is 5.67. The van der Waals surface area contributed by atoms with E-state index in [1.807, 2.05) is 0 Å². The summed E-state index contributed by atoms with van der Waals surface area (Å²) in [4.78, 5) is 0. The molecule has 0 radical (unpaired) electrons. The van der Waals surface area contributed by atoms with Gasteiger partial charge in [-0.1, -0.05) is 42.0 Å². The Morgan fingerprint density at radius 1 is 1.04 bits per heavy atom. The number of aromatic nitrogens is 1. The molecule has 3 heterocycles. The number of hydrogen-bond acceptors (Lipinski definition) is 1. The summed E-state index contributed by atoms with van der Waals surface area (Å²) < 4.78 is 2.66. The quantitative estimate of drug-likeness (QED) is 0.699. The SMILES string of the molecule is Cc1ccc2c(c1)c1c3n2C(c2ccccc2)CCC3CNC1. The molecule has 2 aliphatic rings. The van der Waals surface area contributed by atoms with E-state index in [1.165, 1.54) is 34.9 Å². The standard InChI is InChI=1S/C21H22N2/c1-14-7-9-20-17(11-14)18-13-22-12-16-8-10-19(23(20)21(16)18)15-5-3-2-4-6-15/h2-7,9,11,16,19,22H,8,10,12-13H2,1H3. The van der Waals surface area contributed by atoms with E-state index in [1.54, 1.807) is 11.3 Å². The Balaban J connectivity index is 1.82. The van der Waals surface area contributed by atoms with Crippen LogP contribution in [0, 0.1) is 6.92 Å². The van der Waals surface area contributed by atoms with E-state index in [9.17, 15) is 0 Å². The first-order chi connectivity index (χ1) is 11.3. The van der Waals surface area contributed by atoms with Crippen molar-refractivity contribution in [3.8, 4) is 0 Å². The van der Waals surface area contributed by atoms with Crippen LogP contribution in [0.3, 0.4) is 0 Å². The highest BCUT2D eigenvalue weighted by Crippen LogP contribution is 2.45. The normalized spacial score (nSPS) is 23.0. The molecule has 23 heavy (non-hydrogen) atoms. The molecule has 0 aliphatic carbocycles. The second kappa shape index (κ2) is 4.97. The summed E-state index contributed by atoms with van der Waals surface area (Å²) in [5, 5.41) is 5.10. The van der Waals surface area contributed by atoms with Crippen molar-refractivity contribution in [1.82, 2.24) is 9.88 Å². The lowest BCUT2D eigenvalue weighted by atomic mass is 9.85. The first kappa shape index (κ1) is 13.4. The van der Waals surface area contributed by atoms with Crippen molar-refractivity contribution >= 4 is 10.9 Å². The summed E-state index contributed by atoms with van der Waals surface area (Å²) in [6.07, 6.45) is 2.52. The number of rotatable bonds is 1. The lowest BCUT2D eigenvalue weighted by Gasteiger charge is -2.36. The predicted octanol–water partition coefficient (Wildman–Crippen LogP) is 4.52. The number of fused-ring (bicyclic) bond motifs is 3. The molecule has 0 fully saturated rings. The van der Waals surface area contributed by atoms with Crippen LogP contribution >= 0.6 is 0 Å². The molecular weight excluding hydrogens is 280 g/mol. The molecule has 2 aliphatic heterocycles. The van der Waals surface area contributed by atoms with E-state index in [-0.39, 0.29) is 0 Å². The molecule has 2 aromatic carbocycles. The van der Waals surface area contributed by atoms with Gasteiger partial charge in [-0.15, -0.1) is 0 Å². The molecule has 2 heteroatoms. The molecule has 0 amide bonds. The van der Waals surface area contributed by atoms with Crippen LogP contribution in [0.1, 0.15) is 47.2 Å². The van der Waals surface area contributed by atoms with E-state index in [0.29, 0.717) is 12.0 Å². The average molecular weight is 302 g/mol. The van der Waals surface area contributed by atoms with E-state index >= 15 is 0 Å². The zero-order valence-electron chi connectivity index (χ0n) is 13.5. The Hall–Kier alpha value is -2.06. The van der Waals surface area contributed by atoms with Gasteiger partial charge in [0.2, 0.25) is 0 Å². The van der Waals surface area contributed by atoms with E-state index in [0.717, 1.165) is 13.1 Å². The Morgan fingerprint density at radius 3 is 2.78 bits per heavy atom. The van der Waals surface area contributed by atoms with Crippen LogP contribution in [0.4, 0.5) is 0 Å². The summed E-state index contributed by atoms with van der Waals surface area (Å²) in [6.45, 7) is 4.34. The highest BCUT2D eigenvalue weighted by molar-refractivity contribution is 5.87. The molecule has 0 bridgehead atoms. The van der Waals surface area contributed by atoms with Crippen LogP contribution in [0.15, 0.2) is 48.5 Å². The summed E-state index contributed by atoms with van der Waals surface area (Å²) in [5.41, 5.74) is 7.37. The molecule has 0 saturated heterocycles. The zero-order valence-corrected chi connectivity index (χ0v) is 13.5. The minimum absolute atomic E-state index is 0.486. The molecule has 1 aromatic heterocycles. The van der Waals surface area contributed by atoms with Crippen molar-refractivity contribution in [3.05, 3.63) is 70.9 Å². The average Bonchev–Trinajstić information content (AvgIpc) is 2.92. The highest BCUT2D eigenvalue weighted by atomic mass is 15.1. The molecule has 0 spiro atoms. The van der Waals surface area contributed by atoms with Crippen LogP contribution < -0.4 is 5.32 Å². The van der Waals surface area contributed by atoms with Gasteiger partial charge in [-0.3, -0.25) is 0 Å². The number of hydrogen-bond donors (Lipinski definition) is 1. The first-order valence-corrected chi connectivity index (χ1v) is 8.72. The molecule has 2 nitrogen and oxygen atoms in total. The molecule has 5 rings (SSSR count). The van der Waals surface area contributed by atoms with Crippen LogP contribution in [0.2, 0.25) is 0 Å². The third-order valence-electron chi connectivity index (χ3n) is 5.67. The van der Waals surface area contributed by atoms with Gasteiger partial charge >= 0.3 is 0 Å². The third kappa shape index (κ3) is 1.91. The Bertz CT molecular complexity index is 876. The Labute approximate surface area is 137 Å². The number of benzene rings is 2. The predicted molar refractivity (Wildman–Crippen MR) is 94.9 cm³/mol. The van der Waals surface area contributed by atoms with Crippen molar-refractivity contribution in [2.24, 2.45) is 0 Å².